The van der Waals surface area contributed by atoms with Crippen molar-refractivity contribution in [3.8, 4) is 6.07 Å². The van der Waals surface area contributed by atoms with E-state index < -0.39 is 28.9 Å². The fourth-order valence-electron chi connectivity index (χ4n) is 7.46. The molecule has 6 rings (SSSR count). The number of carbonyl (C=O) groups is 4. The van der Waals surface area contributed by atoms with Crippen molar-refractivity contribution in [3.63, 3.8) is 0 Å². The number of amides is 4. The third-order valence-corrected chi connectivity index (χ3v) is 10.7. The largest absolute Gasteiger partial charge is 0.419 e. The number of likely N-dealkylation sites (tertiary alicyclic amines) is 1. The minimum Gasteiger partial charge on any atom is -0.397 e. The highest BCUT2D eigenvalue weighted by Crippen LogP contribution is 2.40. The molecule has 4 fully saturated rings. The molecule has 2 aromatic rings. The minimum atomic E-state index is -4.75. The molecule has 1 saturated carbocycles. The third-order valence-electron chi connectivity index (χ3n) is 10.3. The zero-order valence-corrected chi connectivity index (χ0v) is 32.6. The monoisotopic (exact) mass is 789 g/mol. The number of hydrogen-bond acceptors (Lipinski definition) is 9. The molecular weight excluding hydrogens is 736 g/mol. The van der Waals surface area contributed by atoms with Gasteiger partial charge in [0.1, 0.15) is 11.6 Å². The number of carbonyl (C=O) groups excluding carboxylic acids is 4. The van der Waals surface area contributed by atoms with E-state index in [2.05, 4.69) is 27.4 Å². The summed E-state index contributed by atoms with van der Waals surface area (Å²) in [7, 11) is 0. The van der Waals surface area contributed by atoms with Crippen LogP contribution in [0.15, 0.2) is 36.5 Å². The van der Waals surface area contributed by atoms with Gasteiger partial charge in [-0.2, -0.15) is 18.4 Å². The van der Waals surface area contributed by atoms with E-state index in [1.54, 1.807) is 20.8 Å². The van der Waals surface area contributed by atoms with E-state index in [-0.39, 0.29) is 49.9 Å². The quantitative estimate of drug-likeness (QED) is 0.217. The third kappa shape index (κ3) is 10.6. The number of halogens is 3. The van der Waals surface area contributed by atoms with Crippen LogP contribution < -0.4 is 15.5 Å². The van der Waals surface area contributed by atoms with Crippen LogP contribution in [0.1, 0.15) is 117 Å². The standard InChI is InChI=1S/C19H25N3O3.C18H19F3N4OS.C2H6O.2H2/c1-13-4-2-3-11-22(13)12-18(24)20-15-7-5-14(6-8-15)16-9-10-17(23)21-19(16)25;1-17(2)15(26)24(16(27)25(17)11-6-4-3-5-7-11)12-8-13(18(19,20)21)14(9-22)23-10-12;1-2-3;;/h5-8,13,16H,2-4,9-12H2,1H3,(H,20,24)(H,21,23,25);8,10-11H,3-7H2,1-2H3;3H,2H2,1H3;2*1H/t13-,16?;;;;/m1..../s1. The number of nitrogens with zero attached hydrogens (tertiary/aromatic N) is 5. The van der Waals surface area contributed by atoms with Crippen molar-refractivity contribution in [3.05, 3.63) is 53.3 Å². The number of rotatable bonds is 6. The fraction of sp³-hybridized carbons (Fsp3) is 0.564. The molecule has 1 aromatic carbocycles. The lowest BCUT2D eigenvalue weighted by atomic mass is 9.90. The number of aliphatic hydroxyl groups excluding tert-OH is 1. The number of nitrogens with one attached hydrogen (secondary N) is 2. The van der Waals surface area contributed by atoms with E-state index in [1.165, 1.54) is 12.5 Å². The van der Waals surface area contributed by atoms with Gasteiger partial charge in [-0.05, 0) is 102 Å². The first kappa shape index (κ1) is 43.3. The second-order valence-electron chi connectivity index (χ2n) is 14.6. The number of piperidine rings is 2. The molecule has 3 N–H and O–H groups in total. The average Bonchev–Trinajstić information content (AvgIpc) is 3.32. The number of aromatic nitrogens is 1. The van der Waals surface area contributed by atoms with E-state index in [0.717, 1.165) is 79.9 Å². The summed E-state index contributed by atoms with van der Waals surface area (Å²) < 4.78 is 39.8. The van der Waals surface area contributed by atoms with Crippen molar-refractivity contribution in [2.24, 2.45) is 0 Å². The molecule has 0 bridgehead atoms. The smallest absolute Gasteiger partial charge is 0.397 e. The van der Waals surface area contributed by atoms with E-state index in [1.807, 2.05) is 29.2 Å². The average molecular weight is 790 g/mol. The molecule has 0 spiro atoms. The van der Waals surface area contributed by atoms with Gasteiger partial charge in [-0.1, -0.05) is 37.8 Å². The number of hydrogen-bond donors (Lipinski definition) is 3. The van der Waals surface area contributed by atoms with Gasteiger partial charge in [-0.25, -0.2) is 4.98 Å². The topological polar surface area (TPSA) is 159 Å². The predicted octanol–water partition coefficient (Wildman–Crippen LogP) is 6.53. The molecule has 3 saturated heterocycles. The van der Waals surface area contributed by atoms with Crippen LogP contribution in [0.5, 0.6) is 0 Å². The van der Waals surface area contributed by atoms with Gasteiger partial charge in [-0.15, -0.1) is 0 Å². The first-order chi connectivity index (χ1) is 26.0. The molecule has 2 atom stereocenters. The maximum absolute atomic E-state index is 13.3. The number of alkyl halides is 3. The molecule has 302 valence electrons. The zero-order valence-electron chi connectivity index (χ0n) is 31.7. The van der Waals surface area contributed by atoms with Crippen LogP contribution in [-0.4, -0.2) is 86.0 Å². The first-order valence-electron chi connectivity index (χ1n) is 18.8. The molecule has 0 radical (unpaired) electrons. The van der Waals surface area contributed by atoms with Crippen LogP contribution in [0.25, 0.3) is 0 Å². The van der Waals surface area contributed by atoms with E-state index in [0.29, 0.717) is 25.4 Å². The van der Waals surface area contributed by atoms with Gasteiger partial charge in [0, 0.05) is 33.7 Å². The number of thiocarbonyl (C=S) groups is 1. The van der Waals surface area contributed by atoms with Crippen molar-refractivity contribution < 1.29 is 40.3 Å². The van der Waals surface area contributed by atoms with Gasteiger partial charge < -0.3 is 15.3 Å². The summed E-state index contributed by atoms with van der Waals surface area (Å²) in [5, 5.41) is 22.0. The van der Waals surface area contributed by atoms with Crippen LogP contribution in [0.2, 0.25) is 0 Å². The predicted molar refractivity (Wildman–Crippen MR) is 209 cm³/mol. The second kappa shape index (κ2) is 18.9. The molecule has 4 amide bonds. The van der Waals surface area contributed by atoms with Crippen molar-refractivity contribution in [2.75, 3.05) is 29.9 Å². The Morgan fingerprint density at radius 2 is 1.73 bits per heavy atom. The van der Waals surface area contributed by atoms with Crippen molar-refractivity contribution >= 4 is 52.3 Å². The Balaban J connectivity index is 0.000000357. The summed E-state index contributed by atoms with van der Waals surface area (Å²) in [6.07, 6.45) is 5.75. The number of benzene rings is 1. The van der Waals surface area contributed by atoms with Crippen LogP contribution >= 0.6 is 12.2 Å². The Bertz CT molecular complexity index is 1770. The molecule has 4 aliphatic rings. The Labute approximate surface area is 328 Å². The summed E-state index contributed by atoms with van der Waals surface area (Å²) in [6, 6.07) is 10.1. The molecular formula is C39H54F3N7O5S. The molecule has 1 aromatic heterocycles. The number of imide groups is 1. The second-order valence-corrected chi connectivity index (χ2v) is 15.0. The highest BCUT2D eigenvalue weighted by molar-refractivity contribution is 7.80. The summed E-state index contributed by atoms with van der Waals surface area (Å²) in [5.41, 5.74) is -1.33. The van der Waals surface area contributed by atoms with E-state index >= 15 is 0 Å². The Morgan fingerprint density at radius 3 is 2.31 bits per heavy atom. The van der Waals surface area contributed by atoms with Crippen LogP contribution in [0, 0.1) is 11.3 Å². The number of pyridine rings is 1. The normalized spacial score (nSPS) is 21.8. The molecule has 55 heavy (non-hydrogen) atoms. The number of anilines is 2. The lowest BCUT2D eigenvalue weighted by Gasteiger charge is -2.39. The van der Waals surface area contributed by atoms with Gasteiger partial charge in [0.15, 0.2) is 10.8 Å². The molecule has 16 heteroatoms. The van der Waals surface area contributed by atoms with E-state index in [4.69, 9.17) is 22.6 Å². The summed E-state index contributed by atoms with van der Waals surface area (Å²) in [5.74, 6) is -1.15. The van der Waals surface area contributed by atoms with Crippen LogP contribution in [0.4, 0.5) is 24.5 Å². The van der Waals surface area contributed by atoms with E-state index in [9.17, 15) is 32.3 Å². The molecule has 3 aliphatic heterocycles. The van der Waals surface area contributed by atoms with Gasteiger partial charge >= 0.3 is 6.18 Å². The van der Waals surface area contributed by atoms with Gasteiger partial charge in [0.05, 0.1) is 29.9 Å². The van der Waals surface area contributed by atoms with Crippen molar-refractivity contribution in [1.82, 2.24) is 20.1 Å². The lowest BCUT2D eigenvalue weighted by molar-refractivity contribution is -0.138. The highest BCUT2D eigenvalue weighted by atomic mass is 32.1. The Morgan fingerprint density at radius 1 is 1.09 bits per heavy atom. The maximum Gasteiger partial charge on any atom is 0.419 e. The molecule has 1 aliphatic carbocycles. The van der Waals surface area contributed by atoms with Gasteiger partial charge in [0.25, 0.3) is 5.91 Å². The Hall–Kier alpha value is -4.46. The zero-order chi connectivity index (χ0) is 40.5. The van der Waals surface area contributed by atoms with Crippen LogP contribution in [-0.2, 0) is 25.4 Å². The van der Waals surface area contributed by atoms with Gasteiger partial charge in [0.2, 0.25) is 17.7 Å². The maximum atomic E-state index is 13.3. The minimum absolute atomic E-state index is 0. The fourth-order valence-corrected chi connectivity index (χ4v) is 8.02. The summed E-state index contributed by atoms with van der Waals surface area (Å²) in [6.45, 7) is 8.95. The van der Waals surface area contributed by atoms with Crippen molar-refractivity contribution in [1.29, 1.82) is 5.26 Å². The van der Waals surface area contributed by atoms with Crippen molar-refractivity contribution in [2.45, 2.75) is 122 Å². The molecule has 1 unspecified atom stereocenters. The Kier molecular flexibility index (Phi) is 14.9. The summed E-state index contributed by atoms with van der Waals surface area (Å²) >= 11 is 5.51. The SMILES string of the molecule is CC1(C)C(=O)N(c2cnc(C#N)c(C(F)(F)F)c2)C(=S)N1C1CCCCC1.CCO.C[C@@H]1CCCCN1CC(=O)Nc1ccc(C2CCC(=O)NC2=O)cc1.[HH].[HH]. The number of nitriles is 1. The number of aliphatic hydroxyl groups is 1. The van der Waals surface area contributed by atoms with Gasteiger partial charge in [-0.3, -0.25) is 34.3 Å². The highest BCUT2D eigenvalue weighted by Gasteiger charge is 2.52. The first-order valence-corrected chi connectivity index (χ1v) is 19.2. The molecule has 12 nitrogen and oxygen atoms in total. The lowest BCUT2D eigenvalue weighted by Crippen LogP contribution is -2.50. The molecule has 4 heterocycles. The summed E-state index contributed by atoms with van der Waals surface area (Å²) in [4.78, 5) is 57.2. The van der Waals surface area contributed by atoms with Crippen LogP contribution in [0.3, 0.4) is 0 Å².